The lowest BCUT2D eigenvalue weighted by Gasteiger charge is -2.14. The molecule has 6 nitrogen and oxygen atoms in total. The Morgan fingerprint density at radius 2 is 2.07 bits per heavy atom. The van der Waals surface area contributed by atoms with Gasteiger partial charge < -0.3 is 24.8 Å². The van der Waals surface area contributed by atoms with E-state index in [2.05, 4.69) is 15.6 Å². The normalized spacial score (nSPS) is 16.8. The Morgan fingerprint density at radius 1 is 1.27 bits per heavy atom. The van der Waals surface area contributed by atoms with Gasteiger partial charge in [-0.2, -0.15) is 13.2 Å². The molecule has 30 heavy (non-hydrogen) atoms. The van der Waals surface area contributed by atoms with E-state index in [4.69, 9.17) is 14.2 Å². The number of hydrogen-bond acceptors (Lipinski definition) is 4. The molecule has 1 fully saturated rings. The van der Waals surface area contributed by atoms with E-state index < -0.39 is 12.8 Å². The van der Waals surface area contributed by atoms with Crippen molar-refractivity contribution in [2.45, 2.75) is 32.5 Å². The van der Waals surface area contributed by atoms with Crippen LogP contribution >= 0.6 is 24.0 Å². The average Bonchev–Trinajstić information content (AvgIpc) is 3.20. The van der Waals surface area contributed by atoms with Gasteiger partial charge in [-0.25, -0.2) is 4.99 Å². The van der Waals surface area contributed by atoms with Crippen LogP contribution in [0.5, 0.6) is 5.75 Å². The number of halogens is 4. The zero-order valence-corrected chi connectivity index (χ0v) is 19.5. The zero-order chi connectivity index (χ0) is 21.0. The van der Waals surface area contributed by atoms with Crippen LogP contribution in [-0.2, 0) is 16.0 Å². The lowest BCUT2D eigenvalue weighted by atomic mass is 10.1. The van der Waals surface area contributed by atoms with Crippen molar-refractivity contribution in [1.29, 1.82) is 0 Å². The van der Waals surface area contributed by atoms with E-state index in [9.17, 15) is 13.2 Å². The lowest BCUT2D eigenvalue weighted by molar-refractivity contribution is -0.153. The van der Waals surface area contributed by atoms with E-state index >= 15 is 0 Å². The van der Waals surface area contributed by atoms with Crippen molar-refractivity contribution in [2.75, 3.05) is 46.1 Å². The third-order valence-corrected chi connectivity index (χ3v) is 4.25. The molecule has 1 aliphatic rings. The van der Waals surface area contributed by atoms with Gasteiger partial charge in [0.1, 0.15) is 5.75 Å². The van der Waals surface area contributed by atoms with Crippen LogP contribution in [0, 0.1) is 5.92 Å². The Bertz CT molecular complexity index is 627. The van der Waals surface area contributed by atoms with Crippen molar-refractivity contribution in [3.63, 3.8) is 0 Å². The highest BCUT2D eigenvalue weighted by atomic mass is 127. The van der Waals surface area contributed by atoms with Crippen molar-refractivity contribution < 1.29 is 27.4 Å². The minimum atomic E-state index is -4.38. The number of ether oxygens (including phenoxy) is 3. The number of benzene rings is 1. The van der Waals surface area contributed by atoms with Gasteiger partial charge in [-0.15, -0.1) is 24.0 Å². The summed E-state index contributed by atoms with van der Waals surface area (Å²) in [6.45, 7) is 5.17. The molecule has 1 heterocycles. The molecule has 172 valence electrons. The summed E-state index contributed by atoms with van der Waals surface area (Å²) in [5.41, 5.74) is 0.594. The maximum Gasteiger partial charge on any atom is 0.422 e. The number of nitrogens with one attached hydrogen (secondary N) is 2. The Labute approximate surface area is 193 Å². The second-order valence-electron chi connectivity index (χ2n) is 6.79. The van der Waals surface area contributed by atoms with Crippen molar-refractivity contribution in [2.24, 2.45) is 10.9 Å². The number of nitrogens with zero attached hydrogens (tertiary/aromatic N) is 1. The van der Waals surface area contributed by atoms with Gasteiger partial charge in [0, 0.05) is 37.8 Å². The number of guanidine groups is 1. The molecule has 2 rings (SSSR count). The van der Waals surface area contributed by atoms with E-state index in [0.29, 0.717) is 37.1 Å². The summed E-state index contributed by atoms with van der Waals surface area (Å²) in [4.78, 5) is 4.45. The monoisotopic (exact) mass is 545 g/mol. The van der Waals surface area contributed by atoms with Gasteiger partial charge in [0.25, 0.3) is 0 Å². The molecule has 0 bridgehead atoms. The van der Waals surface area contributed by atoms with Gasteiger partial charge in [-0.1, -0.05) is 18.2 Å². The van der Waals surface area contributed by atoms with E-state index in [1.807, 2.05) is 6.92 Å². The molecule has 0 amide bonds. The number of alkyl halides is 3. The van der Waals surface area contributed by atoms with Crippen molar-refractivity contribution in [3.8, 4) is 5.75 Å². The topological polar surface area (TPSA) is 64.1 Å². The SMILES string of the molecule is CCNC(=NCc1ccccc1OCC(F)(F)F)NCCCOCC1CCOC1.I. The number of hydrogen-bond donors (Lipinski definition) is 2. The molecule has 0 radical (unpaired) electrons. The van der Waals surface area contributed by atoms with Crippen molar-refractivity contribution >= 4 is 29.9 Å². The largest absolute Gasteiger partial charge is 0.484 e. The van der Waals surface area contributed by atoms with Gasteiger partial charge in [-0.05, 0) is 25.8 Å². The van der Waals surface area contributed by atoms with Gasteiger partial charge in [-0.3, -0.25) is 0 Å². The summed E-state index contributed by atoms with van der Waals surface area (Å²) >= 11 is 0. The third-order valence-electron chi connectivity index (χ3n) is 4.25. The summed E-state index contributed by atoms with van der Waals surface area (Å²) in [6, 6.07) is 6.61. The van der Waals surface area contributed by atoms with E-state index in [0.717, 1.165) is 32.7 Å². The minimum absolute atomic E-state index is 0. The highest BCUT2D eigenvalue weighted by Crippen LogP contribution is 2.22. The van der Waals surface area contributed by atoms with Crippen LogP contribution in [-0.4, -0.2) is 58.3 Å². The van der Waals surface area contributed by atoms with Crippen LogP contribution in [0.3, 0.4) is 0 Å². The zero-order valence-electron chi connectivity index (χ0n) is 17.2. The standard InChI is InChI=1S/C20H30F3N3O3.HI/c1-2-24-19(25-9-5-10-27-13-16-8-11-28-14-16)26-12-17-6-3-4-7-18(17)29-15-20(21,22)23;/h3-4,6-7,16H,2,5,8-15H2,1H3,(H2,24,25,26);1H. The molecule has 0 spiro atoms. The highest BCUT2D eigenvalue weighted by Gasteiger charge is 2.28. The van der Waals surface area contributed by atoms with Crippen molar-refractivity contribution in [1.82, 2.24) is 10.6 Å². The third kappa shape index (κ3) is 11.2. The first kappa shape index (κ1) is 26.8. The van der Waals surface area contributed by atoms with Crippen molar-refractivity contribution in [3.05, 3.63) is 29.8 Å². The first-order valence-corrected chi connectivity index (χ1v) is 9.93. The molecule has 1 unspecified atom stereocenters. The number of rotatable bonds is 11. The van der Waals surface area contributed by atoms with Crippen LogP contribution < -0.4 is 15.4 Å². The summed E-state index contributed by atoms with van der Waals surface area (Å²) in [7, 11) is 0. The lowest BCUT2D eigenvalue weighted by Crippen LogP contribution is -2.38. The molecule has 2 N–H and O–H groups in total. The van der Waals surface area contributed by atoms with Crippen LogP contribution in [0.4, 0.5) is 13.2 Å². The first-order chi connectivity index (χ1) is 14.0. The van der Waals surface area contributed by atoms with Crippen LogP contribution in [0.15, 0.2) is 29.3 Å². The molecule has 1 saturated heterocycles. The minimum Gasteiger partial charge on any atom is -0.484 e. The Balaban J connectivity index is 0.00000450. The van der Waals surface area contributed by atoms with E-state index in [1.54, 1.807) is 18.2 Å². The Hall–Kier alpha value is -1.27. The second-order valence-corrected chi connectivity index (χ2v) is 6.79. The second kappa shape index (κ2) is 14.7. The fraction of sp³-hybridized carbons (Fsp3) is 0.650. The molecule has 1 aromatic rings. The average molecular weight is 545 g/mol. The molecule has 1 aromatic carbocycles. The summed E-state index contributed by atoms with van der Waals surface area (Å²) in [6.07, 6.45) is -2.49. The van der Waals surface area contributed by atoms with E-state index in [1.165, 1.54) is 6.07 Å². The smallest absolute Gasteiger partial charge is 0.422 e. The quantitative estimate of drug-likeness (QED) is 0.192. The predicted molar refractivity (Wildman–Crippen MR) is 121 cm³/mol. The molecular formula is C20H31F3IN3O3. The fourth-order valence-electron chi connectivity index (χ4n) is 2.79. The Kier molecular flexibility index (Phi) is 13.1. The van der Waals surface area contributed by atoms with E-state index in [-0.39, 0.29) is 36.3 Å². The molecule has 0 saturated carbocycles. The Morgan fingerprint density at radius 3 is 2.77 bits per heavy atom. The van der Waals surface area contributed by atoms with Gasteiger partial charge >= 0.3 is 6.18 Å². The molecule has 0 aromatic heterocycles. The fourth-order valence-corrected chi connectivity index (χ4v) is 2.79. The maximum absolute atomic E-state index is 12.4. The predicted octanol–water partition coefficient (Wildman–Crippen LogP) is 3.74. The first-order valence-electron chi connectivity index (χ1n) is 9.93. The number of aliphatic imine (C=N–C) groups is 1. The van der Waals surface area contributed by atoms with Crippen LogP contribution in [0.2, 0.25) is 0 Å². The number of para-hydroxylation sites is 1. The summed E-state index contributed by atoms with van der Waals surface area (Å²) < 4.78 is 53.1. The van der Waals surface area contributed by atoms with Crippen LogP contribution in [0.25, 0.3) is 0 Å². The highest BCUT2D eigenvalue weighted by molar-refractivity contribution is 14.0. The van der Waals surface area contributed by atoms with Crippen LogP contribution in [0.1, 0.15) is 25.3 Å². The van der Waals surface area contributed by atoms with Gasteiger partial charge in [0.15, 0.2) is 12.6 Å². The van der Waals surface area contributed by atoms with Gasteiger partial charge in [0.05, 0.1) is 19.8 Å². The molecule has 10 heteroatoms. The van der Waals surface area contributed by atoms with Gasteiger partial charge in [0.2, 0.25) is 0 Å². The summed E-state index contributed by atoms with van der Waals surface area (Å²) in [5, 5.41) is 6.33. The molecule has 0 aliphatic carbocycles. The molecular weight excluding hydrogens is 514 g/mol. The summed E-state index contributed by atoms with van der Waals surface area (Å²) in [5.74, 6) is 1.29. The maximum atomic E-state index is 12.4. The molecule has 1 atom stereocenters. The molecule has 1 aliphatic heterocycles.